The average molecular weight is 242 g/mol. The van der Waals surface area contributed by atoms with Crippen LogP contribution in [-0.4, -0.2) is 5.11 Å². The molecule has 0 aliphatic rings. The van der Waals surface area contributed by atoms with Crippen LogP contribution in [0.1, 0.15) is 22.3 Å². The predicted octanol–water partition coefficient (Wildman–Crippen LogP) is 3.37. The van der Waals surface area contributed by atoms with Crippen LogP contribution < -0.4 is 4.74 Å². The van der Waals surface area contributed by atoms with E-state index in [1.165, 1.54) is 0 Å². The van der Waals surface area contributed by atoms with Crippen molar-refractivity contribution in [1.29, 1.82) is 0 Å². The van der Waals surface area contributed by atoms with Gasteiger partial charge < -0.3 is 9.84 Å². The lowest BCUT2D eigenvalue weighted by molar-refractivity contribution is 0.258. The van der Waals surface area contributed by atoms with Gasteiger partial charge in [-0.3, -0.25) is 0 Å². The largest absolute Gasteiger partial charge is 0.488 e. The number of aliphatic hydroxyl groups is 1. The minimum absolute atomic E-state index is 0.00659. The van der Waals surface area contributed by atoms with Crippen LogP contribution >= 0.6 is 0 Å². The number of aryl methyl sites for hydroxylation is 2. The van der Waals surface area contributed by atoms with E-state index in [-0.39, 0.29) is 6.61 Å². The molecule has 2 aromatic carbocycles. The molecule has 2 nitrogen and oxygen atoms in total. The molecule has 18 heavy (non-hydrogen) atoms. The monoisotopic (exact) mass is 242 g/mol. The van der Waals surface area contributed by atoms with Crippen LogP contribution in [0.2, 0.25) is 0 Å². The summed E-state index contributed by atoms with van der Waals surface area (Å²) in [5.41, 5.74) is 4.18. The van der Waals surface area contributed by atoms with Crippen molar-refractivity contribution in [1.82, 2.24) is 0 Å². The Labute approximate surface area is 108 Å². The van der Waals surface area contributed by atoms with Crippen LogP contribution in [0, 0.1) is 13.8 Å². The highest BCUT2D eigenvalue weighted by atomic mass is 16.5. The molecule has 0 radical (unpaired) electrons. The Balaban J connectivity index is 2.19. The molecule has 0 aromatic heterocycles. The molecule has 94 valence electrons. The van der Waals surface area contributed by atoms with Gasteiger partial charge in [-0.05, 0) is 25.0 Å². The SMILES string of the molecule is Cc1cc(C)c(OCc2ccccc2)c(CO)c1. The number of aliphatic hydroxyl groups excluding tert-OH is 1. The highest BCUT2D eigenvalue weighted by Gasteiger charge is 2.08. The van der Waals surface area contributed by atoms with Crippen molar-refractivity contribution in [2.75, 3.05) is 0 Å². The van der Waals surface area contributed by atoms with Gasteiger partial charge in [0.05, 0.1) is 6.61 Å². The van der Waals surface area contributed by atoms with Gasteiger partial charge in [0.15, 0.2) is 0 Å². The van der Waals surface area contributed by atoms with Gasteiger partial charge in [0.2, 0.25) is 0 Å². The third-order valence-corrected chi connectivity index (χ3v) is 2.89. The highest BCUT2D eigenvalue weighted by Crippen LogP contribution is 2.26. The third-order valence-electron chi connectivity index (χ3n) is 2.89. The fraction of sp³-hybridized carbons (Fsp3) is 0.250. The fourth-order valence-electron chi connectivity index (χ4n) is 2.10. The molecular weight excluding hydrogens is 224 g/mol. The van der Waals surface area contributed by atoms with Crippen LogP contribution in [0.25, 0.3) is 0 Å². The van der Waals surface area contributed by atoms with Crippen molar-refractivity contribution < 1.29 is 9.84 Å². The number of hydrogen-bond donors (Lipinski definition) is 1. The van der Waals surface area contributed by atoms with Crippen molar-refractivity contribution in [3.63, 3.8) is 0 Å². The summed E-state index contributed by atoms with van der Waals surface area (Å²) >= 11 is 0. The maximum Gasteiger partial charge on any atom is 0.128 e. The van der Waals surface area contributed by atoms with E-state index >= 15 is 0 Å². The molecule has 2 heteroatoms. The van der Waals surface area contributed by atoms with E-state index < -0.39 is 0 Å². The Morgan fingerprint density at radius 3 is 2.44 bits per heavy atom. The van der Waals surface area contributed by atoms with E-state index in [1.807, 2.05) is 50.2 Å². The standard InChI is InChI=1S/C16H18O2/c1-12-8-13(2)16(15(9-12)10-17)18-11-14-6-4-3-5-7-14/h3-9,17H,10-11H2,1-2H3. The Kier molecular flexibility index (Phi) is 4.00. The second-order valence-electron chi connectivity index (χ2n) is 4.50. The Morgan fingerprint density at radius 2 is 1.78 bits per heavy atom. The van der Waals surface area contributed by atoms with Crippen molar-refractivity contribution in [2.45, 2.75) is 27.1 Å². The minimum atomic E-state index is 0.00659. The van der Waals surface area contributed by atoms with Gasteiger partial charge in [0.1, 0.15) is 12.4 Å². The molecule has 0 saturated carbocycles. The molecular formula is C16H18O2. The van der Waals surface area contributed by atoms with E-state index in [4.69, 9.17) is 4.74 Å². The van der Waals surface area contributed by atoms with E-state index in [1.54, 1.807) is 0 Å². The van der Waals surface area contributed by atoms with Crippen molar-refractivity contribution in [2.24, 2.45) is 0 Å². The smallest absolute Gasteiger partial charge is 0.128 e. The maximum absolute atomic E-state index is 9.38. The summed E-state index contributed by atoms with van der Waals surface area (Å²) in [5, 5.41) is 9.38. The summed E-state index contributed by atoms with van der Waals surface area (Å²) < 4.78 is 5.84. The molecule has 0 aliphatic carbocycles. The second-order valence-corrected chi connectivity index (χ2v) is 4.50. The van der Waals surface area contributed by atoms with Gasteiger partial charge in [-0.25, -0.2) is 0 Å². The molecule has 0 fully saturated rings. The summed E-state index contributed by atoms with van der Waals surface area (Å²) in [6.45, 7) is 4.56. The summed E-state index contributed by atoms with van der Waals surface area (Å²) in [7, 11) is 0. The van der Waals surface area contributed by atoms with Gasteiger partial charge in [-0.1, -0.05) is 48.0 Å². The molecule has 0 amide bonds. The molecule has 0 aliphatic heterocycles. The van der Waals surface area contributed by atoms with E-state index in [0.29, 0.717) is 6.61 Å². The first-order valence-electron chi connectivity index (χ1n) is 6.08. The van der Waals surface area contributed by atoms with E-state index in [0.717, 1.165) is 28.0 Å². The molecule has 1 N–H and O–H groups in total. The van der Waals surface area contributed by atoms with E-state index in [9.17, 15) is 5.11 Å². The van der Waals surface area contributed by atoms with Crippen molar-refractivity contribution in [3.8, 4) is 5.75 Å². The number of rotatable bonds is 4. The number of benzene rings is 2. The van der Waals surface area contributed by atoms with Crippen molar-refractivity contribution >= 4 is 0 Å². The summed E-state index contributed by atoms with van der Waals surface area (Å²) in [6, 6.07) is 14.1. The second kappa shape index (κ2) is 5.69. The van der Waals surface area contributed by atoms with Crippen LogP contribution in [-0.2, 0) is 13.2 Å². The average Bonchev–Trinajstić information content (AvgIpc) is 2.38. The maximum atomic E-state index is 9.38. The third kappa shape index (κ3) is 2.90. The van der Waals surface area contributed by atoms with Gasteiger partial charge in [-0.15, -0.1) is 0 Å². The predicted molar refractivity (Wildman–Crippen MR) is 72.6 cm³/mol. The first-order chi connectivity index (χ1) is 8.70. The van der Waals surface area contributed by atoms with Crippen LogP contribution in [0.3, 0.4) is 0 Å². The molecule has 0 atom stereocenters. The lowest BCUT2D eigenvalue weighted by atomic mass is 10.1. The lowest BCUT2D eigenvalue weighted by Gasteiger charge is -2.14. The topological polar surface area (TPSA) is 29.5 Å². The lowest BCUT2D eigenvalue weighted by Crippen LogP contribution is -2.01. The van der Waals surface area contributed by atoms with Gasteiger partial charge in [-0.2, -0.15) is 0 Å². The molecule has 2 aromatic rings. The molecule has 0 heterocycles. The number of ether oxygens (including phenoxy) is 1. The van der Waals surface area contributed by atoms with Crippen LogP contribution in [0.4, 0.5) is 0 Å². The molecule has 0 unspecified atom stereocenters. The summed E-state index contributed by atoms with van der Waals surface area (Å²) in [4.78, 5) is 0. The first kappa shape index (κ1) is 12.7. The van der Waals surface area contributed by atoms with Crippen molar-refractivity contribution in [3.05, 3.63) is 64.7 Å². The van der Waals surface area contributed by atoms with Gasteiger partial charge >= 0.3 is 0 Å². The normalized spacial score (nSPS) is 10.4. The summed E-state index contributed by atoms with van der Waals surface area (Å²) in [6.07, 6.45) is 0. The quantitative estimate of drug-likeness (QED) is 0.890. The molecule has 0 spiro atoms. The molecule has 2 rings (SSSR count). The zero-order valence-electron chi connectivity index (χ0n) is 10.8. The Bertz CT molecular complexity index is 518. The highest BCUT2D eigenvalue weighted by molar-refractivity contribution is 5.43. The molecule has 0 saturated heterocycles. The molecule has 0 bridgehead atoms. The van der Waals surface area contributed by atoms with Gasteiger partial charge in [0, 0.05) is 5.56 Å². The van der Waals surface area contributed by atoms with E-state index in [2.05, 4.69) is 6.07 Å². The van der Waals surface area contributed by atoms with Gasteiger partial charge in [0.25, 0.3) is 0 Å². The summed E-state index contributed by atoms with van der Waals surface area (Å²) in [5.74, 6) is 0.798. The minimum Gasteiger partial charge on any atom is -0.488 e. The zero-order chi connectivity index (χ0) is 13.0. The first-order valence-corrected chi connectivity index (χ1v) is 6.08. The van der Waals surface area contributed by atoms with Crippen LogP contribution in [0.15, 0.2) is 42.5 Å². The Morgan fingerprint density at radius 1 is 1.06 bits per heavy atom. The van der Waals surface area contributed by atoms with Crippen LogP contribution in [0.5, 0.6) is 5.75 Å². The fourth-order valence-corrected chi connectivity index (χ4v) is 2.10. The Hall–Kier alpha value is -1.80. The zero-order valence-corrected chi connectivity index (χ0v) is 10.8. The number of hydrogen-bond acceptors (Lipinski definition) is 2.